The minimum Gasteiger partial charge on any atom is -0.465 e. The highest BCUT2D eigenvalue weighted by Crippen LogP contribution is 2.31. The summed E-state index contributed by atoms with van der Waals surface area (Å²) < 4.78 is 5.35. The standard InChI is InChI=1S/C43H52ClN9O7/c1-25-21-33(19-20-53(25)42(58)59)47-39(55)31-15-18-34(35(44)23-31)28-9-5-26(6-10-28)22-36(40(56)46-32-16-13-29(14-17-32)37-49-51-52-50-37)48-38(54)30-11-7-27(8-12-30)24-45-41(57)60-43(2,3)4/h5-6,9-10,13-18,23,25,27,30,33,36H,7-8,11-12,19-22,24H2,1-4H3,(H,45,57)(H,46,56)(H,47,55)(H,48,54)(H,58,59)(H,49,50,51,52)/t25?,27-,30-,33?,36-/m0/s1. The lowest BCUT2D eigenvalue weighted by Gasteiger charge is -2.36. The van der Waals surface area contributed by atoms with Crippen molar-refractivity contribution in [2.45, 2.75) is 96.4 Å². The van der Waals surface area contributed by atoms with Crippen molar-refractivity contribution < 1.29 is 33.8 Å². The largest absolute Gasteiger partial charge is 0.465 e. The number of alkyl carbamates (subject to hydrolysis) is 1. The fraction of sp³-hybridized carbons (Fsp3) is 0.442. The molecule has 1 saturated heterocycles. The molecular formula is C43H52ClN9O7. The first-order valence-electron chi connectivity index (χ1n) is 20.2. The van der Waals surface area contributed by atoms with Crippen LogP contribution >= 0.6 is 11.6 Å². The van der Waals surface area contributed by atoms with Crippen molar-refractivity contribution >= 4 is 47.2 Å². The van der Waals surface area contributed by atoms with Crippen LogP contribution in [0.25, 0.3) is 22.5 Å². The number of hydrogen-bond donors (Lipinski definition) is 6. The number of carboxylic acid groups (broad SMARTS) is 1. The Morgan fingerprint density at radius 1 is 0.950 bits per heavy atom. The van der Waals surface area contributed by atoms with E-state index >= 15 is 0 Å². The molecule has 2 fully saturated rings. The van der Waals surface area contributed by atoms with Gasteiger partial charge in [0.15, 0.2) is 0 Å². The van der Waals surface area contributed by atoms with Crippen LogP contribution in [-0.2, 0) is 20.7 Å². The number of nitrogens with zero attached hydrogens (tertiary/aromatic N) is 4. The molecule has 60 heavy (non-hydrogen) atoms. The number of ether oxygens (including phenoxy) is 1. The average Bonchev–Trinajstić information content (AvgIpc) is 3.75. The molecule has 1 aliphatic heterocycles. The van der Waals surface area contributed by atoms with Crippen LogP contribution in [0.15, 0.2) is 66.7 Å². The summed E-state index contributed by atoms with van der Waals surface area (Å²) in [5, 5.41) is 35.6. The SMILES string of the molecule is CC1CC(NC(=O)c2ccc(-c3ccc(C[C@H](NC(=O)[C@H]4CC[C@H](CNC(=O)OC(C)(C)C)CC4)C(=O)Nc4ccc(-c5nn[nH]n5)cc4)cc3)c(Cl)c2)CCN1C(=O)O. The van der Waals surface area contributed by atoms with Crippen molar-refractivity contribution in [3.63, 3.8) is 0 Å². The molecule has 0 spiro atoms. The van der Waals surface area contributed by atoms with Crippen molar-refractivity contribution in [2.24, 2.45) is 11.8 Å². The van der Waals surface area contributed by atoms with Crippen LogP contribution in [0.5, 0.6) is 0 Å². The van der Waals surface area contributed by atoms with Gasteiger partial charge in [0.2, 0.25) is 17.6 Å². The zero-order valence-corrected chi connectivity index (χ0v) is 34.9. The average molecular weight is 842 g/mol. The third-order valence-corrected chi connectivity index (χ3v) is 11.2. The number of hydrogen-bond acceptors (Lipinski definition) is 9. The Labute approximate surface area is 353 Å². The molecule has 16 nitrogen and oxygen atoms in total. The van der Waals surface area contributed by atoms with Crippen molar-refractivity contribution in [2.75, 3.05) is 18.4 Å². The fourth-order valence-electron chi connectivity index (χ4n) is 7.69. The fourth-order valence-corrected chi connectivity index (χ4v) is 7.98. The number of anilines is 1. The predicted octanol–water partition coefficient (Wildman–Crippen LogP) is 6.44. The summed E-state index contributed by atoms with van der Waals surface area (Å²) in [5.41, 5.74) is 3.38. The minimum absolute atomic E-state index is 0.150. The number of carbonyl (C=O) groups excluding carboxylic acids is 4. The maximum atomic E-state index is 13.9. The van der Waals surface area contributed by atoms with Crippen molar-refractivity contribution in [1.29, 1.82) is 0 Å². The molecule has 5 amide bonds. The molecule has 2 heterocycles. The molecule has 2 unspecified atom stereocenters. The molecule has 0 bridgehead atoms. The van der Waals surface area contributed by atoms with E-state index in [0.717, 1.165) is 24.0 Å². The van der Waals surface area contributed by atoms with Gasteiger partial charge in [-0.15, -0.1) is 10.2 Å². The van der Waals surface area contributed by atoms with Crippen LogP contribution in [0.3, 0.4) is 0 Å². The Morgan fingerprint density at radius 3 is 2.27 bits per heavy atom. The molecule has 1 saturated carbocycles. The van der Waals surface area contributed by atoms with Crippen molar-refractivity contribution in [3.8, 4) is 22.5 Å². The Hall–Kier alpha value is -6.03. The topological polar surface area (TPSA) is 221 Å². The van der Waals surface area contributed by atoms with Crippen LogP contribution in [0.1, 0.15) is 82.1 Å². The van der Waals surface area contributed by atoms with Crippen LogP contribution in [0.2, 0.25) is 5.02 Å². The molecule has 3 atom stereocenters. The number of carbonyl (C=O) groups is 5. The summed E-state index contributed by atoms with van der Waals surface area (Å²) >= 11 is 6.72. The second-order valence-electron chi connectivity index (χ2n) is 16.6. The van der Waals surface area contributed by atoms with E-state index in [2.05, 4.69) is 41.9 Å². The van der Waals surface area contributed by atoms with E-state index in [1.165, 1.54) is 4.90 Å². The number of tetrazole rings is 1. The molecule has 0 radical (unpaired) electrons. The normalized spacial score (nSPS) is 19.7. The number of likely N-dealkylation sites (tertiary alicyclic amines) is 1. The predicted molar refractivity (Wildman–Crippen MR) is 225 cm³/mol. The highest BCUT2D eigenvalue weighted by atomic mass is 35.5. The van der Waals surface area contributed by atoms with E-state index in [1.54, 1.807) is 42.5 Å². The minimum atomic E-state index is -0.960. The van der Waals surface area contributed by atoms with E-state index in [1.807, 2.05) is 52.0 Å². The molecule has 4 aromatic rings. The van der Waals surface area contributed by atoms with E-state index in [-0.39, 0.29) is 48.1 Å². The summed E-state index contributed by atoms with van der Waals surface area (Å²) in [7, 11) is 0. The number of piperidine rings is 1. The lowest BCUT2D eigenvalue weighted by Crippen LogP contribution is -2.50. The van der Waals surface area contributed by atoms with E-state index < -0.39 is 23.8 Å². The van der Waals surface area contributed by atoms with Crippen LogP contribution < -0.4 is 21.3 Å². The van der Waals surface area contributed by atoms with E-state index in [0.29, 0.717) is 72.0 Å². The Balaban J connectivity index is 1.09. The monoisotopic (exact) mass is 841 g/mol. The quantitative estimate of drug-likeness (QED) is 0.0916. The van der Waals surface area contributed by atoms with Gasteiger partial charge in [-0.05, 0) is 125 Å². The van der Waals surface area contributed by atoms with Crippen molar-refractivity contribution in [1.82, 2.24) is 41.5 Å². The van der Waals surface area contributed by atoms with Crippen molar-refractivity contribution in [3.05, 3.63) is 82.9 Å². The molecule has 3 aromatic carbocycles. The third kappa shape index (κ3) is 11.8. The second kappa shape index (κ2) is 19.4. The first-order valence-corrected chi connectivity index (χ1v) is 20.6. The van der Waals surface area contributed by atoms with Gasteiger partial charge in [-0.3, -0.25) is 14.4 Å². The van der Waals surface area contributed by atoms with Gasteiger partial charge < -0.3 is 36.0 Å². The van der Waals surface area contributed by atoms with Crippen LogP contribution in [0, 0.1) is 11.8 Å². The van der Waals surface area contributed by atoms with E-state index in [9.17, 15) is 29.1 Å². The number of aromatic nitrogens is 4. The summed E-state index contributed by atoms with van der Waals surface area (Å²) in [5.74, 6) is -0.507. The zero-order chi connectivity index (χ0) is 43.0. The number of nitrogens with one attached hydrogen (secondary N) is 5. The van der Waals surface area contributed by atoms with E-state index in [4.69, 9.17) is 16.3 Å². The maximum absolute atomic E-state index is 13.9. The van der Waals surface area contributed by atoms with Gasteiger partial charge in [0.05, 0.1) is 0 Å². The summed E-state index contributed by atoms with van der Waals surface area (Å²) in [6.45, 7) is 8.09. The molecule has 1 aromatic heterocycles. The number of benzene rings is 3. The summed E-state index contributed by atoms with van der Waals surface area (Å²) in [6.07, 6.45) is 2.59. The summed E-state index contributed by atoms with van der Waals surface area (Å²) in [4.78, 5) is 65.6. The zero-order valence-electron chi connectivity index (χ0n) is 34.2. The van der Waals surface area contributed by atoms with Gasteiger partial charge in [-0.1, -0.05) is 41.9 Å². The molecule has 17 heteroatoms. The van der Waals surface area contributed by atoms with Gasteiger partial charge in [0, 0.05) is 64.9 Å². The smallest absolute Gasteiger partial charge is 0.407 e. The molecule has 6 N–H and O–H groups in total. The lowest BCUT2D eigenvalue weighted by atomic mass is 9.81. The van der Waals surface area contributed by atoms with Crippen LogP contribution in [0.4, 0.5) is 15.3 Å². The van der Waals surface area contributed by atoms with Gasteiger partial charge in [0.25, 0.3) is 5.91 Å². The third-order valence-electron chi connectivity index (χ3n) is 10.9. The Kier molecular flexibility index (Phi) is 14.0. The molecule has 1 aliphatic carbocycles. The molecule has 2 aliphatic rings. The highest BCUT2D eigenvalue weighted by molar-refractivity contribution is 6.33. The number of amides is 5. The number of aromatic amines is 1. The van der Waals surface area contributed by atoms with Gasteiger partial charge in [-0.2, -0.15) is 5.21 Å². The number of rotatable bonds is 12. The maximum Gasteiger partial charge on any atom is 0.407 e. The van der Waals surface area contributed by atoms with Crippen LogP contribution in [-0.4, -0.2) is 97.4 Å². The number of halogens is 1. The molecular weight excluding hydrogens is 790 g/mol. The first-order chi connectivity index (χ1) is 28.6. The van der Waals surface area contributed by atoms with Gasteiger partial charge >= 0.3 is 12.2 Å². The second-order valence-corrected chi connectivity index (χ2v) is 17.0. The molecule has 6 rings (SSSR count). The lowest BCUT2D eigenvalue weighted by molar-refractivity contribution is -0.130. The Morgan fingerprint density at radius 2 is 1.65 bits per heavy atom. The first kappa shape index (κ1) is 43.5. The Bertz CT molecular complexity index is 2130. The molecule has 318 valence electrons. The number of H-pyrrole nitrogens is 1. The van der Waals surface area contributed by atoms with Gasteiger partial charge in [-0.25, -0.2) is 9.59 Å². The highest BCUT2D eigenvalue weighted by Gasteiger charge is 2.32. The summed E-state index contributed by atoms with van der Waals surface area (Å²) in [6, 6.07) is 18.4. The van der Waals surface area contributed by atoms with Gasteiger partial charge in [0.1, 0.15) is 11.6 Å².